The molecular weight excluding hydrogens is 314 g/mol. The molecule has 0 spiro atoms. The fraction of sp³-hybridized carbons (Fsp3) is 0. The Morgan fingerprint density at radius 3 is 3.00 bits per heavy atom. The maximum atomic E-state index is 7.45. The van der Waals surface area contributed by atoms with Gasteiger partial charge in [0.05, 0.1) is 4.11 Å². The molecule has 0 nitrogen and oxygen atoms in total. The first-order valence-corrected chi connectivity index (χ1v) is 4.32. The van der Waals surface area contributed by atoms with Crippen molar-refractivity contribution < 1.29 is 4.11 Å². The first-order chi connectivity index (χ1) is 5.46. The van der Waals surface area contributed by atoms with Crippen LogP contribution < -0.4 is 0 Å². The Balaban J connectivity index is 3.60. The molecule has 0 aliphatic carbocycles. The monoisotopic (exact) mass is 319 g/mol. The number of hydrogen-bond acceptors (Lipinski definition) is 0. The molecule has 0 aromatic heterocycles. The molecule has 0 heterocycles. The molecule has 0 unspecified atom stereocenters. The zero-order chi connectivity index (χ0) is 9.46. The Hall–Kier alpha value is 0.720. The topological polar surface area (TPSA) is 0 Å². The van der Waals surface area contributed by atoms with Gasteiger partial charge in [-0.3, -0.25) is 0 Å². The fourth-order valence-corrected chi connectivity index (χ4v) is 1.25. The van der Waals surface area contributed by atoms with Crippen LogP contribution in [0.1, 0.15) is 4.11 Å². The van der Waals surface area contributed by atoms with Crippen LogP contribution in [-0.2, 0) is 0 Å². The lowest BCUT2D eigenvalue weighted by atomic mass is 10.4. The lowest BCUT2D eigenvalue weighted by molar-refractivity contribution is 1.59. The van der Waals surface area contributed by atoms with Crippen LogP contribution >= 0.6 is 50.1 Å². The van der Waals surface area contributed by atoms with Gasteiger partial charge in [-0.25, -0.2) is 0 Å². The molecule has 0 aliphatic heterocycles. The second-order valence-electron chi connectivity index (χ2n) is 1.32. The second-order valence-corrected chi connectivity index (χ2v) is 3.57. The summed E-state index contributed by atoms with van der Waals surface area (Å²) in [5, 5.41) is 0.0348. The van der Waals surface area contributed by atoms with Crippen LogP contribution in [0.2, 0.25) is 5.02 Å². The van der Waals surface area contributed by atoms with Gasteiger partial charge < -0.3 is 0 Å². The zero-order valence-corrected chi connectivity index (χ0v) is 8.63. The Labute approximate surface area is 85.1 Å². The van der Waals surface area contributed by atoms with E-state index in [4.69, 9.17) is 15.7 Å². The lowest BCUT2D eigenvalue weighted by Gasteiger charge is -1.93. The van der Waals surface area contributed by atoms with Crippen molar-refractivity contribution in [1.82, 2.24) is 0 Å². The van der Waals surface area contributed by atoms with Gasteiger partial charge in [-0.15, -0.1) is 0 Å². The minimum Gasteiger partial charge on any atom is -0.0843 e. The number of halogens is 3. The zero-order valence-electron chi connectivity index (χ0n) is 7.13. The molecule has 48 valence electrons. The molecular formula is C6H3BrClI. The van der Waals surface area contributed by atoms with Crippen molar-refractivity contribution in [2.45, 2.75) is 0 Å². The molecule has 1 rings (SSSR count). The average molecular weight is 320 g/mol. The molecule has 1 aromatic carbocycles. The third-order valence-electron chi connectivity index (χ3n) is 0.694. The van der Waals surface area contributed by atoms with Gasteiger partial charge in [0.1, 0.15) is 0 Å². The van der Waals surface area contributed by atoms with E-state index in [9.17, 15) is 0 Å². The van der Waals surface area contributed by atoms with Crippen LogP contribution in [0.25, 0.3) is 0 Å². The van der Waals surface area contributed by atoms with E-state index >= 15 is 0 Å². The van der Waals surface area contributed by atoms with E-state index in [1.165, 1.54) is 0 Å². The molecule has 3 heteroatoms. The molecule has 0 fully saturated rings. The van der Waals surface area contributed by atoms with Gasteiger partial charge >= 0.3 is 0 Å². The van der Waals surface area contributed by atoms with Gasteiger partial charge in [-0.2, -0.15) is 0 Å². The Morgan fingerprint density at radius 2 is 2.33 bits per heavy atom. The molecule has 1 aromatic rings. The number of rotatable bonds is 0. The van der Waals surface area contributed by atoms with Crippen molar-refractivity contribution in [3.63, 3.8) is 0 Å². The molecule has 0 saturated carbocycles. The summed E-state index contributed by atoms with van der Waals surface area (Å²) in [6.45, 7) is 0. The van der Waals surface area contributed by atoms with E-state index in [-0.39, 0.29) is 23.1 Å². The third kappa shape index (κ3) is 2.09. The highest BCUT2D eigenvalue weighted by Crippen LogP contribution is 2.21. The first kappa shape index (κ1) is 4.57. The molecule has 0 N–H and O–H groups in total. The molecule has 9 heavy (non-hydrogen) atoms. The van der Waals surface area contributed by atoms with E-state index in [0.717, 1.165) is 0 Å². The predicted molar refractivity (Wildman–Crippen MR) is 51.9 cm³/mol. The van der Waals surface area contributed by atoms with Gasteiger partial charge in [-0.1, -0.05) is 11.6 Å². The molecule has 0 radical (unpaired) electrons. The van der Waals surface area contributed by atoms with Crippen molar-refractivity contribution in [1.29, 1.82) is 0 Å². The summed E-state index contributed by atoms with van der Waals surface area (Å²) in [6.07, 6.45) is 0. The Morgan fingerprint density at radius 1 is 1.67 bits per heavy atom. The molecule has 0 aliphatic rings. The minimum absolute atomic E-state index is 0.0281. The van der Waals surface area contributed by atoms with E-state index in [0.29, 0.717) is 8.04 Å². The first-order valence-electron chi connectivity index (χ1n) is 3.57. The van der Waals surface area contributed by atoms with E-state index in [1.807, 2.05) is 22.6 Å². The summed E-state index contributed by atoms with van der Waals surface area (Å²) in [6, 6.07) is 0.0273. The smallest absolute Gasteiger partial charge is 0.0650 e. The standard InChI is InChI=1S/C6H3BrClI/c7-5-2-1-4(8)3-6(5)9/h1-3H/i1D,2D,3D. The second kappa shape index (κ2) is 3.21. The van der Waals surface area contributed by atoms with Crippen molar-refractivity contribution in [3.8, 4) is 0 Å². The van der Waals surface area contributed by atoms with Crippen molar-refractivity contribution in [3.05, 3.63) is 31.2 Å². The highest BCUT2D eigenvalue weighted by Gasteiger charge is 1.93. The van der Waals surface area contributed by atoms with Crippen LogP contribution in [0, 0.1) is 3.57 Å². The van der Waals surface area contributed by atoms with Crippen molar-refractivity contribution in [2.24, 2.45) is 0 Å². The molecule has 0 amide bonds. The van der Waals surface area contributed by atoms with Crippen LogP contribution in [-0.4, -0.2) is 0 Å². The number of benzene rings is 1. The van der Waals surface area contributed by atoms with Gasteiger partial charge in [0.2, 0.25) is 0 Å². The average Bonchev–Trinajstić information content (AvgIpc) is 2.08. The maximum Gasteiger partial charge on any atom is 0.0650 e. The van der Waals surface area contributed by atoms with Crippen LogP contribution in [0.3, 0.4) is 0 Å². The predicted octanol–water partition coefficient (Wildman–Crippen LogP) is 3.71. The van der Waals surface area contributed by atoms with Gasteiger partial charge in [0, 0.05) is 13.1 Å². The highest BCUT2D eigenvalue weighted by molar-refractivity contribution is 14.1. The minimum atomic E-state index is -0.103. The summed E-state index contributed by atoms with van der Waals surface area (Å²) in [5.41, 5.74) is 0. The molecule has 0 saturated heterocycles. The van der Waals surface area contributed by atoms with Crippen LogP contribution in [0.15, 0.2) is 22.6 Å². The van der Waals surface area contributed by atoms with E-state index in [2.05, 4.69) is 15.9 Å². The molecule has 0 bridgehead atoms. The van der Waals surface area contributed by atoms with Crippen molar-refractivity contribution in [2.75, 3.05) is 0 Å². The summed E-state index contributed by atoms with van der Waals surface area (Å²) < 4.78 is 23.2. The summed E-state index contributed by atoms with van der Waals surface area (Å²) in [4.78, 5) is 0. The van der Waals surface area contributed by atoms with Gasteiger partial charge in [0.15, 0.2) is 0 Å². The van der Waals surface area contributed by atoms with E-state index < -0.39 is 0 Å². The Bertz CT molecular complexity index is 237. The van der Waals surface area contributed by atoms with E-state index in [1.54, 1.807) is 0 Å². The van der Waals surface area contributed by atoms with Crippen LogP contribution in [0.4, 0.5) is 0 Å². The largest absolute Gasteiger partial charge is 0.0843 e. The fourth-order valence-electron chi connectivity index (χ4n) is 0.347. The maximum absolute atomic E-state index is 7.45. The SMILES string of the molecule is [2H]c1c([2H])c(Br)c(I)c([2H])c1Cl. The summed E-state index contributed by atoms with van der Waals surface area (Å²) in [7, 11) is 0. The van der Waals surface area contributed by atoms with Gasteiger partial charge in [-0.05, 0) is 56.6 Å². The quantitative estimate of drug-likeness (QED) is 0.505. The number of hydrogen-bond donors (Lipinski definition) is 0. The van der Waals surface area contributed by atoms with Crippen LogP contribution in [0.5, 0.6) is 0 Å². The highest BCUT2D eigenvalue weighted by atomic mass is 127. The van der Waals surface area contributed by atoms with Gasteiger partial charge in [0.25, 0.3) is 0 Å². The summed E-state index contributed by atoms with van der Waals surface area (Å²) in [5.74, 6) is 0. The third-order valence-corrected chi connectivity index (χ3v) is 3.03. The normalized spacial score (nSPS) is 14.3. The Kier molecular flexibility index (Phi) is 1.63. The van der Waals surface area contributed by atoms with Crippen molar-refractivity contribution >= 4 is 50.1 Å². The molecule has 0 atom stereocenters. The lowest BCUT2D eigenvalue weighted by Crippen LogP contribution is -1.71. The summed E-state index contributed by atoms with van der Waals surface area (Å²) >= 11 is 10.7.